The van der Waals surface area contributed by atoms with Crippen molar-refractivity contribution >= 4 is 43.8 Å². The molecule has 0 aromatic heterocycles. The second kappa shape index (κ2) is 7.24. The van der Waals surface area contributed by atoms with Gasteiger partial charge in [-0.3, -0.25) is 4.99 Å². The number of hydrogen-bond donors (Lipinski definition) is 1. The summed E-state index contributed by atoms with van der Waals surface area (Å²) < 4.78 is 1.85. The van der Waals surface area contributed by atoms with Gasteiger partial charge in [0.25, 0.3) is 0 Å². The van der Waals surface area contributed by atoms with Crippen molar-refractivity contribution in [1.82, 2.24) is 0 Å². The summed E-state index contributed by atoms with van der Waals surface area (Å²) >= 11 is 7.03. The van der Waals surface area contributed by atoms with Gasteiger partial charge in [0.15, 0.2) is 0 Å². The average molecular weight is 467 g/mol. The van der Waals surface area contributed by atoms with Crippen LogP contribution in [0.1, 0.15) is 58.2 Å². The molecule has 0 aliphatic carbocycles. The Morgan fingerprint density at radius 1 is 0.960 bits per heavy atom. The summed E-state index contributed by atoms with van der Waals surface area (Å²) in [5, 5.41) is 10.8. The van der Waals surface area contributed by atoms with E-state index in [9.17, 15) is 5.11 Å². The second-order valence-electron chi connectivity index (χ2n) is 8.29. The number of nitrogens with zero attached hydrogens (tertiary/aromatic N) is 1. The standard InChI is InChI=1S/C21H25Br2NO/c1-20(2,3)14-10-13(19(25)15(11-14)21(4,5)6)12-24-17-9-7-8-16(22)18(17)23/h7-12,25H,1-6H3. The summed E-state index contributed by atoms with van der Waals surface area (Å²) in [6, 6.07) is 9.97. The normalized spacial score (nSPS) is 12.8. The van der Waals surface area contributed by atoms with E-state index in [0.29, 0.717) is 5.75 Å². The van der Waals surface area contributed by atoms with Gasteiger partial charge in [-0.15, -0.1) is 0 Å². The number of benzene rings is 2. The third kappa shape index (κ3) is 4.73. The molecule has 2 aromatic rings. The summed E-state index contributed by atoms with van der Waals surface area (Å²) in [6.07, 6.45) is 1.74. The van der Waals surface area contributed by atoms with Gasteiger partial charge in [0, 0.05) is 21.8 Å². The Hall–Kier alpha value is -1.13. The van der Waals surface area contributed by atoms with Crippen molar-refractivity contribution in [3.05, 3.63) is 56.0 Å². The minimum absolute atomic E-state index is 0.00729. The van der Waals surface area contributed by atoms with Crippen molar-refractivity contribution in [3.8, 4) is 5.75 Å². The molecule has 0 atom stereocenters. The smallest absolute Gasteiger partial charge is 0.128 e. The van der Waals surface area contributed by atoms with Crippen LogP contribution >= 0.6 is 31.9 Å². The molecule has 0 aliphatic heterocycles. The Labute approximate surface area is 167 Å². The van der Waals surface area contributed by atoms with Gasteiger partial charge in [-0.25, -0.2) is 0 Å². The lowest BCUT2D eigenvalue weighted by molar-refractivity contribution is 0.444. The molecule has 0 saturated heterocycles. The molecule has 0 fully saturated rings. The van der Waals surface area contributed by atoms with Gasteiger partial charge in [0.1, 0.15) is 5.75 Å². The fourth-order valence-corrected chi connectivity index (χ4v) is 3.21. The summed E-state index contributed by atoms with van der Waals surface area (Å²) in [7, 11) is 0. The molecule has 2 nitrogen and oxygen atoms in total. The van der Waals surface area contributed by atoms with Crippen LogP contribution in [0.2, 0.25) is 0 Å². The summed E-state index contributed by atoms with van der Waals surface area (Å²) in [5.74, 6) is 0.301. The summed E-state index contributed by atoms with van der Waals surface area (Å²) in [5.41, 5.74) is 3.52. The number of hydrogen-bond acceptors (Lipinski definition) is 2. The first-order chi connectivity index (χ1) is 11.4. The fourth-order valence-electron chi connectivity index (χ4n) is 2.49. The lowest BCUT2D eigenvalue weighted by atomic mass is 9.79. The van der Waals surface area contributed by atoms with E-state index < -0.39 is 0 Å². The van der Waals surface area contributed by atoms with Crippen LogP contribution in [-0.4, -0.2) is 11.3 Å². The molecule has 0 saturated carbocycles. The highest BCUT2D eigenvalue weighted by Crippen LogP contribution is 2.38. The molecule has 134 valence electrons. The minimum Gasteiger partial charge on any atom is -0.507 e. The molecule has 0 spiro atoms. The maximum Gasteiger partial charge on any atom is 0.128 e. The first-order valence-electron chi connectivity index (χ1n) is 8.27. The van der Waals surface area contributed by atoms with Crippen LogP contribution in [0.15, 0.2) is 44.3 Å². The SMILES string of the molecule is CC(C)(C)c1cc(C=Nc2cccc(Br)c2Br)c(O)c(C(C)(C)C)c1. The van der Waals surface area contributed by atoms with E-state index in [0.717, 1.165) is 25.8 Å². The Morgan fingerprint density at radius 3 is 2.16 bits per heavy atom. The van der Waals surface area contributed by atoms with Gasteiger partial charge >= 0.3 is 0 Å². The van der Waals surface area contributed by atoms with Gasteiger partial charge in [-0.2, -0.15) is 0 Å². The quantitative estimate of drug-likeness (QED) is 0.464. The van der Waals surface area contributed by atoms with Crippen LogP contribution in [0, 0.1) is 0 Å². The van der Waals surface area contributed by atoms with E-state index in [1.165, 1.54) is 5.56 Å². The van der Waals surface area contributed by atoms with Gasteiger partial charge in [-0.1, -0.05) is 53.7 Å². The van der Waals surface area contributed by atoms with Crippen LogP contribution in [0.4, 0.5) is 5.69 Å². The Kier molecular flexibility index (Phi) is 5.85. The molecular formula is C21H25Br2NO. The Balaban J connectivity index is 2.60. The third-order valence-electron chi connectivity index (χ3n) is 4.09. The van der Waals surface area contributed by atoms with Crippen LogP contribution in [0.5, 0.6) is 5.75 Å². The third-order valence-corrected chi connectivity index (χ3v) is 6.11. The van der Waals surface area contributed by atoms with Crippen molar-refractivity contribution in [2.45, 2.75) is 52.4 Å². The molecule has 4 heteroatoms. The monoisotopic (exact) mass is 465 g/mol. The summed E-state index contributed by atoms with van der Waals surface area (Å²) in [4.78, 5) is 4.58. The first-order valence-corrected chi connectivity index (χ1v) is 9.86. The molecule has 0 unspecified atom stereocenters. The van der Waals surface area contributed by atoms with E-state index in [4.69, 9.17) is 0 Å². The zero-order chi connectivity index (χ0) is 19.0. The van der Waals surface area contributed by atoms with Gasteiger partial charge in [0.2, 0.25) is 0 Å². The van der Waals surface area contributed by atoms with Crippen LogP contribution in [-0.2, 0) is 10.8 Å². The molecule has 25 heavy (non-hydrogen) atoms. The molecule has 2 rings (SSSR count). The number of aliphatic imine (C=N–C) groups is 1. The zero-order valence-corrected chi connectivity index (χ0v) is 18.8. The predicted octanol–water partition coefficient (Wildman–Crippen LogP) is 7.26. The largest absolute Gasteiger partial charge is 0.507 e. The highest BCUT2D eigenvalue weighted by molar-refractivity contribution is 9.13. The van der Waals surface area contributed by atoms with Crippen LogP contribution in [0.3, 0.4) is 0 Å². The molecule has 2 aromatic carbocycles. The summed E-state index contributed by atoms with van der Waals surface area (Å²) in [6.45, 7) is 12.9. The van der Waals surface area contributed by atoms with Gasteiger partial charge in [-0.05, 0) is 66.5 Å². The lowest BCUT2D eigenvalue weighted by Gasteiger charge is -2.27. The molecule has 1 N–H and O–H groups in total. The molecule has 0 heterocycles. The lowest BCUT2D eigenvalue weighted by Crippen LogP contribution is -2.17. The number of phenols is 1. The maximum atomic E-state index is 10.8. The van der Waals surface area contributed by atoms with Crippen LogP contribution in [0.25, 0.3) is 0 Å². The second-order valence-corrected chi connectivity index (χ2v) is 9.94. The zero-order valence-electron chi connectivity index (χ0n) is 15.6. The predicted molar refractivity (Wildman–Crippen MR) is 115 cm³/mol. The van der Waals surface area contributed by atoms with Crippen molar-refractivity contribution in [3.63, 3.8) is 0 Å². The molecule has 0 amide bonds. The number of phenolic OH excluding ortho intramolecular Hbond substituents is 1. The van der Waals surface area contributed by atoms with Crippen molar-refractivity contribution in [2.75, 3.05) is 0 Å². The van der Waals surface area contributed by atoms with Gasteiger partial charge in [0.05, 0.1) is 10.2 Å². The Morgan fingerprint density at radius 2 is 1.60 bits per heavy atom. The molecule has 0 radical (unpaired) electrons. The number of rotatable bonds is 2. The highest BCUT2D eigenvalue weighted by Gasteiger charge is 2.24. The number of aromatic hydroxyl groups is 1. The number of halogens is 2. The first kappa shape index (κ1) is 20.2. The minimum atomic E-state index is -0.149. The molecule has 0 bridgehead atoms. The molecular weight excluding hydrogens is 442 g/mol. The van der Waals surface area contributed by atoms with E-state index in [-0.39, 0.29) is 10.8 Å². The van der Waals surface area contributed by atoms with E-state index >= 15 is 0 Å². The van der Waals surface area contributed by atoms with Gasteiger partial charge < -0.3 is 5.11 Å². The van der Waals surface area contributed by atoms with Crippen molar-refractivity contribution in [2.24, 2.45) is 4.99 Å². The van der Waals surface area contributed by atoms with E-state index in [1.54, 1.807) is 6.21 Å². The highest BCUT2D eigenvalue weighted by atomic mass is 79.9. The maximum absolute atomic E-state index is 10.8. The molecule has 0 aliphatic rings. The topological polar surface area (TPSA) is 32.6 Å². The fraction of sp³-hybridized carbons (Fsp3) is 0.381. The Bertz CT molecular complexity index is 812. The van der Waals surface area contributed by atoms with E-state index in [1.807, 2.05) is 24.3 Å². The van der Waals surface area contributed by atoms with E-state index in [2.05, 4.69) is 84.5 Å². The average Bonchev–Trinajstić information content (AvgIpc) is 2.47. The van der Waals surface area contributed by atoms with Crippen molar-refractivity contribution in [1.29, 1.82) is 0 Å². The van der Waals surface area contributed by atoms with Crippen LogP contribution < -0.4 is 0 Å². The van der Waals surface area contributed by atoms with Crippen molar-refractivity contribution < 1.29 is 5.11 Å².